The summed E-state index contributed by atoms with van der Waals surface area (Å²) in [5.74, 6) is -1.87. The molecule has 1 saturated heterocycles. The number of nitriles is 1. The fourth-order valence-corrected chi connectivity index (χ4v) is 6.35. The zero-order chi connectivity index (χ0) is 27.0. The lowest BCUT2D eigenvalue weighted by molar-refractivity contribution is 0.553. The van der Waals surface area contributed by atoms with Crippen LogP contribution in [0, 0.1) is 23.0 Å². The minimum Gasteiger partial charge on any atom is -0.368 e. The lowest BCUT2D eigenvalue weighted by Gasteiger charge is -2.34. The van der Waals surface area contributed by atoms with Crippen molar-refractivity contribution in [2.24, 2.45) is 0 Å². The first-order valence-corrected chi connectivity index (χ1v) is 14.0. The molecule has 3 heterocycles. The van der Waals surface area contributed by atoms with Crippen molar-refractivity contribution >= 4 is 32.8 Å². The van der Waals surface area contributed by atoms with Gasteiger partial charge in [-0.25, -0.2) is 27.2 Å². The Labute approximate surface area is 220 Å². The van der Waals surface area contributed by atoms with Crippen molar-refractivity contribution in [3.8, 4) is 17.3 Å². The molecule has 5 rings (SSSR count). The fraction of sp³-hybridized carbons (Fsp3) is 0.346. The third kappa shape index (κ3) is 4.87. The van der Waals surface area contributed by atoms with Crippen LogP contribution in [0.4, 0.5) is 31.8 Å². The molecule has 0 amide bonds. The van der Waals surface area contributed by atoms with E-state index < -0.39 is 21.5 Å². The second-order valence-corrected chi connectivity index (χ2v) is 11.6. The van der Waals surface area contributed by atoms with E-state index in [0.717, 1.165) is 44.1 Å². The Morgan fingerprint density at radius 1 is 1.08 bits per heavy atom. The highest BCUT2D eigenvalue weighted by molar-refractivity contribution is 7.91. The molecule has 0 spiro atoms. The first-order chi connectivity index (χ1) is 18.2. The van der Waals surface area contributed by atoms with E-state index in [0.29, 0.717) is 11.3 Å². The molecule has 1 aromatic heterocycles. The van der Waals surface area contributed by atoms with Gasteiger partial charge in [0.1, 0.15) is 22.5 Å². The van der Waals surface area contributed by atoms with Gasteiger partial charge in [-0.3, -0.25) is 0 Å². The molecule has 1 fully saturated rings. The van der Waals surface area contributed by atoms with E-state index in [1.54, 1.807) is 17.0 Å². The van der Waals surface area contributed by atoms with Crippen molar-refractivity contribution in [2.45, 2.75) is 24.8 Å². The predicted octanol–water partition coefficient (Wildman–Crippen LogP) is 3.45. The largest absolute Gasteiger partial charge is 0.368 e. The van der Waals surface area contributed by atoms with Crippen molar-refractivity contribution in [1.82, 2.24) is 15.3 Å². The van der Waals surface area contributed by atoms with E-state index >= 15 is 4.39 Å². The fourth-order valence-electron chi connectivity index (χ4n) is 4.86. The minimum absolute atomic E-state index is 0.0479. The standard InChI is InChI=1S/C26H27F2N7O2S/c1-16(2)35-9-10-38(36,37)25-20(27)12-17(13-23(25)35)24-21(28)15-31-26(33-24)32-19-3-4-22(18(11-19)14-29)34-7-5-30-6-8-34/h3-4,11-13,15-16,30H,5-10H2,1-2H3,(H,31,32,33). The third-order valence-electron chi connectivity index (χ3n) is 6.72. The van der Waals surface area contributed by atoms with Gasteiger partial charge in [0.25, 0.3) is 0 Å². The third-order valence-corrected chi connectivity index (χ3v) is 8.46. The van der Waals surface area contributed by atoms with Gasteiger partial charge in [-0.15, -0.1) is 0 Å². The number of nitrogens with zero attached hydrogens (tertiary/aromatic N) is 5. The Kier molecular flexibility index (Phi) is 6.90. The first kappa shape index (κ1) is 25.8. The highest BCUT2D eigenvalue weighted by atomic mass is 32.2. The monoisotopic (exact) mass is 539 g/mol. The highest BCUT2D eigenvalue weighted by Gasteiger charge is 2.33. The van der Waals surface area contributed by atoms with Crippen LogP contribution in [0.15, 0.2) is 41.4 Å². The van der Waals surface area contributed by atoms with E-state index in [4.69, 9.17) is 0 Å². The lowest BCUT2D eigenvalue weighted by Crippen LogP contribution is -2.43. The molecule has 9 nitrogen and oxygen atoms in total. The van der Waals surface area contributed by atoms with Crippen LogP contribution in [-0.4, -0.2) is 62.9 Å². The van der Waals surface area contributed by atoms with E-state index in [1.165, 1.54) is 6.07 Å². The quantitative estimate of drug-likeness (QED) is 0.503. The first-order valence-electron chi connectivity index (χ1n) is 12.3. The molecule has 3 aromatic rings. The average molecular weight is 540 g/mol. The van der Waals surface area contributed by atoms with Gasteiger partial charge in [-0.2, -0.15) is 5.26 Å². The van der Waals surface area contributed by atoms with Crippen LogP contribution in [0.2, 0.25) is 0 Å². The van der Waals surface area contributed by atoms with Crippen molar-refractivity contribution in [2.75, 3.05) is 53.6 Å². The van der Waals surface area contributed by atoms with Crippen LogP contribution in [0.5, 0.6) is 0 Å². The molecular formula is C26H27F2N7O2S. The molecular weight excluding hydrogens is 512 g/mol. The highest BCUT2D eigenvalue weighted by Crippen LogP contribution is 2.38. The van der Waals surface area contributed by atoms with Crippen LogP contribution in [0.25, 0.3) is 11.3 Å². The average Bonchev–Trinajstić information content (AvgIpc) is 2.89. The second-order valence-electron chi connectivity index (χ2n) is 9.51. The van der Waals surface area contributed by atoms with Crippen LogP contribution >= 0.6 is 0 Å². The molecule has 0 aliphatic carbocycles. The zero-order valence-corrected chi connectivity index (χ0v) is 21.8. The molecule has 2 aromatic carbocycles. The van der Waals surface area contributed by atoms with Gasteiger partial charge in [-0.05, 0) is 44.2 Å². The molecule has 0 unspecified atom stereocenters. The Bertz CT molecular complexity index is 1530. The summed E-state index contributed by atoms with van der Waals surface area (Å²) in [5.41, 5.74) is 1.95. The molecule has 0 atom stereocenters. The maximum absolute atomic E-state index is 15.2. The maximum atomic E-state index is 15.2. The van der Waals surface area contributed by atoms with Crippen LogP contribution < -0.4 is 20.4 Å². The van der Waals surface area contributed by atoms with Crippen LogP contribution in [0.1, 0.15) is 19.4 Å². The van der Waals surface area contributed by atoms with Crippen LogP contribution in [-0.2, 0) is 9.84 Å². The predicted molar refractivity (Wildman–Crippen MR) is 141 cm³/mol. The number of hydrogen-bond donors (Lipinski definition) is 2. The van der Waals surface area contributed by atoms with Crippen molar-refractivity contribution in [1.29, 1.82) is 5.26 Å². The number of rotatable bonds is 5. The van der Waals surface area contributed by atoms with E-state index in [-0.39, 0.29) is 46.1 Å². The molecule has 0 radical (unpaired) electrons. The summed E-state index contributed by atoms with van der Waals surface area (Å²) in [4.78, 5) is 11.8. The number of sulfone groups is 1. The summed E-state index contributed by atoms with van der Waals surface area (Å²) in [7, 11) is -3.80. The SMILES string of the molecule is CC(C)N1CCS(=O)(=O)c2c(F)cc(-c3nc(Nc4ccc(N5CCNCC5)c(C#N)c4)ncc3F)cc21. The zero-order valence-electron chi connectivity index (χ0n) is 21.0. The number of nitrogens with one attached hydrogen (secondary N) is 2. The van der Waals surface area contributed by atoms with E-state index in [9.17, 15) is 18.1 Å². The van der Waals surface area contributed by atoms with Gasteiger partial charge in [-0.1, -0.05) is 0 Å². The van der Waals surface area contributed by atoms with Gasteiger partial charge in [0, 0.05) is 50.0 Å². The van der Waals surface area contributed by atoms with Gasteiger partial charge in [0.2, 0.25) is 5.95 Å². The summed E-state index contributed by atoms with van der Waals surface area (Å²) in [6, 6.07) is 9.88. The number of fused-ring (bicyclic) bond motifs is 1. The molecule has 2 aliphatic heterocycles. The molecule has 0 saturated carbocycles. The summed E-state index contributed by atoms with van der Waals surface area (Å²) in [5, 5.41) is 16.0. The number of aromatic nitrogens is 2. The number of piperazine rings is 1. The van der Waals surface area contributed by atoms with Gasteiger partial charge >= 0.3 is 0 Å². The topological polar surface area (TPSA) is 114 Å². The smallest absolute Gasteiger partial charge is 0.227 e. The minimum atomic E-state index is -3.80. The van der Waals surface area contributed by atoms with Gasteiger partial charge in [0.05, 0.1) is 28.9 Å². The normalized spacial score (nSPS) is 16.7. The summed E-state index contributed by atoms with van der Waals surface area (Å²) < 4.78 is 55.3. The molecule has 2 N–H and O–H groups in total. The number of anilines is 4. The molecule has 0 bridgehead atoms. The molecule has 38 heavy (non-hydrogen) atoms. The van der Waals surface area contributed by atoms with E-state index in [1.807, 2.05) is 19.9 Å². The second kappa shape index (κ2) is 10.2. The van der Waals surface area contributed by atoms with Crippen molar-refractivity contribution < 1.29 is 17.2 Å². The lowest BCUT2D eigenvalue weighted by atomic mass is 10.1. The van der Waals surface area contributed by atoms with Crippen molar-refractivity contribution in [3.63, 3.8) is 0 Å². The number of benzene rings is 2. The summed E-state index contributed by atoms with van der Waals surface area (Å²) >= 11 is 0. The van der Waals surface area contributed by atoms with Gasteiger partial charge in [0.15, 0.2) is 15.7 Å². The Balaban J connectivity index is 1.49. The number of halogens is 2. The Morgan fingerprint density at radius 2 is 1.84 bits per heavy atom. The maximum Gasteiger partial charge on any atom is 0.227 e. The molecule has 198 valence electrons. The summed E-state index contributed by atoms with van der Waals surface area (Å²) in [6.07, 6.45) is 0.972. The Morgan fingerprint density at radius 3 is 2.55 bits per heavy atom. The molecule has 2 aliphatic rings. The Hall–Kier alpha value is -3.82. The summed E-state index contributed by atoms with van der Waals surface area (Å²) in [6.45, 7) is 7.21. The molecule has 12 heteroatoms. The van der Waals surface area contributed by atoms with Gasteiger partial charge < -0.3 is 20.4 Å². The van der Waals surface area contributed by atoms with Crippen molar-refractivity contribution in [3.05, 3.63) is 53.7 Å². The van der Waals surface area contributed by atoms with E-state index in [2.05, 4.69) is 31.6 Å². The van der Waals surface area contributed by atoms with Crippen LogP contribution in [0.3, 0.4) is 0 Å². The number of hydrogen-bond acceptors (Lipinski definition) is 9.